The number of aliphatic hydroxyl groups is 5. The van der Waals surface area contributed by atoms with E-state index in [1.165, 1.54) is 13.0 Å². The molecule has 1 rings (SSSR count). The summed E-state index contributed by atoms with van der Waals surface area (Å²) >= 11 is 3.48. The molecule has 1 aromatic carbocycles. The lowest BCUT2D eigenvalue weighted by molar-refractivity contribution is -0.123. The number of aliphatic hydroxyl groups excluding tert-OH is 5. The van der Waals surface area contributed by atoms with Crippen molar-refractivity contribution < 1.29 is 39.9 Å². The zero-order valence-corrected chi connectivity index (χ0v) is 20.2. The molecule has 8 N–H and O–H groups in total. The SMILES string of the molecule is C[C@H](O)C(=O)Nc1cc(C(N)=O)c(I)c(C(=O)N(C(CO)CO)C(CO)CO)c1I. The monoisotopic (exact) mass is 651 g/mol. The molecule has 0 radical (unpaired) electrons. The van der Waals surface area contributed by atoms with Crippen molar-refractivity contribution in [2.24, 2.45) is 5.73 Å². The van der Waals surface area contributed by atoms with E-state index in [-0.39, 0.29) is 24.0 Å². The molecule has 168 valence electrons. The van der Waals surface area contributed by atoms with Gasteiger partial charge in [0.2, 0.25) is 5.91 Å². The first-order chi connectivity index (χ1) is 14.0. The van der Waals surface area contributed by atoms with Crippen LogP contribution in [-0.2, 0) is 4.79 Å². The number of amides is 3. The second kappa shape index (κ2) is 12.1. The van der Waals surface area contributed by atoms with E-state index in [0.29, 0.717) is 0 Å². The Labute approximate surface area is 199 Å². The Balaban J connectivity index is 3.73. The maximum atomic E-state index is 13.4. The van der Waals surface area contributed by atoms with Crippen molar-refractivity contribution in [2.75, 3.05) is 31.7 Å². The average molecular weight is 651 g/mol. The van der Waals surface area contributed by atoms with Gasteiger partial charge in [-0.15, -0.1) is 0 Å². The highest BCUT2D eigenvalue weighted by atomic mass is 127. The Morgan fingerprint density at radius 3 is 1.87 bits per heavy atom. The van der Waals surface area contributed by atoms with Crippen molar-refractivity contribution in [3.05, 3.63) is 24.3 Å². The van der Waals surface area contributed by atoms with Crippen LogP contribution in [0.2, 0.25) is 0 Å². The minimum atomic E-state index is -1.37. The lowest BCUT2D eigenvalue weighted by atomic mass is 10.0. The number of hydrogen-bond donors (Lipinski definition) is 7. The number of anilines is 1. The molecule has 0 aromatic heterocycles. The Morgan fingerprint density at radius 1 is 1.03 bits per heavy atom. The quantitative estimate of drug-likeness (QED) is 0.148. The lowest BCUT2D eigenvalue weighted by Crippen LogP contribution is -2.53. The topological polar surface area (TPSA) is 194 Å². The summed E-state index contributed by atoms with van der Waals surface area (Å²) in [4.78, 5) is 38.2. The number of carbonyl (C=O) groups excluding carboxylic acids is 3. The Kier molecular flexibility index (Phi) is 10.8. The van der Waals surface area contributed by atoms with E-state index in [2.05, 4.69) is 5.32 Å². The molecule has 0 heterocycles. The molecule has 13 heteroatoms. The van der Waals surface area contributed by atoms with E-state index in [4.69, 9.17) is 5.73 Å². The normalized spacial score (nSPS) is 12.2. The summed E-state index contributed by atoms with van der Waals surface area (Å²) in [7, 11) is 0. The van der Waals surface area contributed by atoms with E-state index in [1.807, 2.05) is 0 Å². The van der Waals surface area contributed by atoms with Crippen molar-refractivity contribution in [3.63, 3.8) is 0 Å². The van der Waals surface area contributed by atoms with E-state index in [0.717, 1.165) is 4.90 Å². The van der Waals surface area contributed by atoms with E-state index in [9.17, 15) is 39.9 Å². The molecule has 0 aliphatic carbocycles. The molecule has 0 saturated heterocycles. The molecule has 3 amide bonds. The molecule has 0 unspecified atom stereocenters. The fraction of sp³-hybridized carbons (Fsp3) is 0.471. The number of rotatable bonds is 10. The smallest absolute Gasteiger partial charge is 0.256 e. The highest BCUT2D eigenvalue weighted by molar-refractivity contribution is 14.1. The first-order valence-electron chi connectivity index (χ1n) is 8.62. The maximum Gasteiger partial charge on any atom is 0.256 e. The number of carbonyl (C=O) groups is 3. The fourth-order valence-electron chi connectivity index (χ4n) is 2.56. The van der Waals surface area contributed by atoms with Gasteiger partial charge in [0.1, 0.15) is 6.10 Å². The third-order valence-corrected chi connectivity index (χ3v) is 6.42. The lowest BCUT2D eigenvalue weighted by Gasteiger charge is -2.35. The molecule has 0 aliphatic heterocycles. The fourth-order valence-corrected chi connectivity index (χ4v) is 4.79. The van der Waals surface area contributed by atoms with Gasteiger partial charge in [-0.05, 0) is 58.2 Å². The molecule has 1 atom stereocenters. The summed E-state index contributed by atoms with van der Waals surface area (Å²) in [6, 6.07) is -1.04. The first-order valence-corrected chi connectivity index (χ1v) is 10.8. The predicted molar refractivity (Wildman–Crippen MR) is 123 cm³/mol. The van der Waals surface area contributed by atoms with Gasteiger partial charge < -0.3 is 41.5 Å². The summed E-state index contributed by atoms with van der Waals surface area (Å²) in [5, 5.41) is 50.1. The van der Waals surface area contributed by atoms with Crippen LogP contribution in [0.1, 0.15) is 27.6 Å². The minimum Gasteiger partial charge on any atom is -0.394 e. The summed E-state index contributed by atoms with van der Waals surface area (Å²) in [6.07, 6.45) is -1.37. The molecule has 11 nitrogen and oxygen atoms in total. The summed E-state index contributed by atoms with van der Waals surface area (Å²) in [5.41, 5.74) is 5.26. The molecular formula is C17H23I2N3O8. The van der Waals surface area contributed by atoms with Gasteiger partial charge in [-0.3, -0.25) is 14.4 Å². The van der Waals surface area contributed by atoms with Crippen LogP contribution in [0, 0.1) is 7.14 Å². The van der Waals surface area contributed by atoms with Gasteiger partial charge in [-0.2, -0.15) is 0 Å². The Hall–Kier alpha value is -1.11. The van der Waals surface area contributed by atoms with Crippen molar-refractivity contribution in [3.8, 4) is 0 Å². The van der Waals surface area contributed by atoms with Crippen LogP contribution in [0.25, 0.3) is 0 Å². The van der Waals surface area contributed by atoms with Crippen LogP contribution >= 0.6 is 45.2 Å². The van der Waals surface area contributed by atoms with Gasteiger partial charge in [0.15, 0.2) is 0 Å². The van der Waals surface area contributed by atoms with Crippen LogP contribution in [0.4, 0.5) is 5.69 Å². The van der Waals surface area contributed by atoms with Crippen molar-refractivity contribution in [1.82, 2.24) is 4.90 Å². The van der Waals surface area contributed by atoms with Gasteiger partial charge in [0.25, 0.3) is 11.8 Å². The molecule has 0 bridgehead atoms. The largest absolute Gasteiger partial charge is 0.394 e. The van der Waals surface area contributed by atoms with Gasteiger partial charge in [0, 0.05) is 3.57 Å². The number of hydrogen-bond acceptors (Lipinski definition) is 8. The molecule has 0 fully saturated rings. The zero-order chi connectivity index (χ0) is 23.2. The molecule has 0 saturated carbocycles. The van der Waals surface area contributed by atoms with Crippen molar-refractivity contribution in [2.45, 2.75) is 25.1 Å². The number of nitrogens with zero attached hydrogens (tertiary/aromatic N) is 1. The van der Waals surface area contributed by atoms with Crippen molar-refractivity contribution >= 4 is 68.6 Å². The van der Waals surface area contributed by atoms with Crippen LogP contribution in [0.5, 0.6) is 0 Å². The van der Waals surface area contributed by atoms with Gasteiger partial charge >= 0.3 is 0 Å². The van der Waals surface area contributed by atoms with E-state index < -0.39 is 62.3 Å². The van der Waals surface area contributed by atoms with Crippen molar-refractivity contribution in [1.29, 1.82) is 0 Å². The number of nitrogens with two attached hydrogens (primary N) is 1. The highest BCUT2D eigenvalue weighted by Gasteiger charge is 2.34. The summed E-state index contributed by atoms with van der Waals surface area (Å²) < 4.78 is 0.328. The van der Waals surface area contributed by atoms with Gasteiger partial charge in [0.05, 0.1) is 58.9 Å². The molecule has 0 aliphatic rings. The summed E-state index contributed by atoms with van der Waals surface area (Å²) in [6.45, 7) is -1.40. The Bertz CT molecular complexity index is 786. The highest BCUT2D eigenvalue weighted by Crippen LogP contribution is 2.32. The number of benzene rings is 1. The number of nitrogens with one attached hydrogen (secondary N) is 1. The predicted octanol–water partition coefficient (Wildman–Crippen LogP) is -1.54. The standard InChI is InChI=1S/C17H23I2N3O8/c1-7(27)16(29)21-11-2-10(15(20)28)13(18)12(14(11)19)17(30)22(8(3-23)4-24)9(5-25)6-26/h2,7-9,23-27H,3-6H2,1H3,(H2,20,28)(H,21,29)/t7-/m0/s1. The van der Waals surface area contributed by atoms with Crippen LogP contribution in [0.15, 0.2) is 6.07 Å². The average Bonchev–Trinajstić information content (AvgIpc) is 2.69. The molecule has 0 spiro atoms. The first kappa shape index (κ1) is 26.9. The second-order valence-electron chi connectivity index (χ2n) is 6.25. The van der Waals surface area contributed by atoms with Gasteiger partial charge in [-0.1, -0.05) is 0 Å². The van der Waals surface area contributed by atoms with E-state index in [1.54, 1.807) is 45.2 Å². The molecular weight excluding hydrogens is 628 g/mol. The molecule has 1 aromatic rings. The third-order valence-electron chi connectivity index (χ3n) is 4.18. The van der Waals surface area contributed by atoms with Gasteiger partial charge in [-0.25, -0.2) is 0 Å². The minimum absolute atomic E-state index is 0.0353. The Morgan fingerprint density at radius 2 is 1.50 bits per heavy atom. The van der Waals surface area contributed by atoms with E-state index >= 15 is 0 Å². The maximum absolute atomic E-state index is 13.4. The molecule has 30 heavy (non-hydrogen) atoms. The van der Waals surface area contributed by atoms with Crippen LogP contribution in [0.3, 0.4) is 0 Å². The number of primary amides is 1. The number of halogens is 2. The van der Waals surface area contributed by atoms with Crippen LogP contribution in [-0.4, -0.2) is 92.8 Å². The summed E-state index contributed by atoms with van der Waals surface area (Å²) in [5.74, 6) is -2.49. The third kappa shape index (κ3) is 5.98. The zero-order valence-electron chi connectivity index (χ0n) is 15.9. The van der Waals surface area contributed by atoms with Crippen LogP contribution < -0.4 is 11.1 Å². The second-order valence-corrected chi connectivity index (χ2v) is 8.41.